The predicted molar refractivity (Wildman–Crippen MR) is 118 cm³/mol. The Labute approximate surface area is 185 Å². The molecule has 3 heterocycles. The number of esters is 1. The molecule has 0 aromatic carbocycles. The third kappa shape index (κ3) is 6.41. The van der Waals surface area contributed by atoms with E-state index in [2.05, 4.69) is 10.6 Å². The molecule has 31 heavy (non-hydrogen) atoms. The van der Waals surface area contributed by atoms with Crippen molar-refractivity contribution in [3.05, 3.63) is 40.7 Å². The molecule has 2 aromatic heterocycles. The SMILES string of the molecule is CCOC(=O)c1cc(CC)sc1NC(=O)CN1CCC(C(=O)NCc2ccco2)CC1. The molecule has 2 amide bonds. The second-order valence-corrected chi connectivity index (χ2v) is 8.56. The summed E-state index contributed by atoms with van der Waals surface area (Å²) in [6, 6.07) is 5.40. The Morgan fingerprint density at radius 2 is 2.03 bits per heavy atom. The molecule has 0 aliphatic carbocycles. The lowest BCUT2D eigenvalue weighted by Gasteiger charge is -2.30. The molecule has 8 nitrogen and oxygen atoms in total. The van der Waals surface area contributed by atoms with Crippen LogP contribution in [-0.2, 0) is 27.3 Å². The molecule has 0 unspecified atom stereocenters. The molecule has 0 bridgehead atoms. The van der Waals surface area contributed by atoms with Gasteiger partial charge in [0, 0.05) is 10.8 Å². The summed E-state index contributed by atoms with van der Waals surface area (Å²) in [7, 11) is 0. The van der Waals surface area contributed by atoms with Crippen LogP contribution in [0.1, 0.15) is 47.7 Å². The number of rotatable bonds is 9. The minimum Gasteiger partial charge on any atom is -0.467 e. The van der Waals surface area contributed by atoms with E-state index in [0.717, 1.165) is 17.1 Å². The average molecular weight is 448 g/mol. The summed E-state index contributed by atoms with van der Waals surface area (Å²) in [5, 5.41) is 6.31. The maximum absolute atomic E-state index is 12.6. The smallest absolute Gasteiger partial charge is 0.341 e. The number of furan rings is 1. The zero-order chi connectivity index (χ0) is 22.2. The number of nitrogens with zero attached hydrogens (tertiary/aromatic N) is 1. The molecule has 0 spiro atoms. The molecule has 2 N–H and O–H groups in total. The number of likely N-dealkylation sites (tertiary alicyclic amines) is 1. The van der Waals surface area contributed by atoms with Crippen molar-refractivity contribution in [1.29, 1.82) is 0 Å². The van der Waals surface area contributed by atoms with E-state index >= 15 is 0 Å². The van der Waals surface area contributed by atoms with Gasteiger partial charge in [0.2, 0.25) is 11.8 Å². The van der Waals surface area contributed by atoms with E-state index in [0.29, 0.717) is 43.0 Å². The molecule has 2 aromatic rings. The molecule has 3 rings (SSSR count). The number of hydrogen-bond acceptors (Lipinski definition) is 7. The zero-order valence-corrected chi connectivity index (χ0v) is 18.8. The van der Waals surface area contributed by atoms with Crippen LogP contribution < -0.4 is 10.6 Å². The fourth-order valence-corrected chi connectivity index (χ4v) is 4.52. The standard InChI is InChI=1S/C22H29N3O5S/c1-3-17-12-18(22(28)29-4-2)21(31-17)24-19(26)14-25-9-7-15(8-10-25)20(27)23-13-16-6-5-11-30-16/h5-6,11-12,15H,3-4,7-10,13-14H2,1-2H3,(H,23,27)(H,24,26). The van der Waals surface area contributed by atoms with Crippen LogP contribution in [0, 0.1) is 5.92 Å². The van der Waals surface area contributed by atoms with E-state index in [9.17, 15) is 14.4 Å². The van der Waals surface area contributed by atoms with Gasteiger partial charge >= 0.3 is 5.97 Å². The first kappa shape index (κ1) is 23.0. The van der Waals surface area contributed by atoms with Crippen LogP contribution in [0.15, 0.2) is 28.9 Å². The normalized spacial score (nSPS) is 14.9. The van der Waals surface area contributed by atoms with Gasteiger partial charge in [0.1, 0.15) is 10.8 Å². The summed E-state index contributed by atoms with van der Waals surface area (Å²) in [4.78, 5) is 40.1. The van der Waals surface area contributed by atoms with Crippen molar-refractivity contribution in [1.82, 2.24) is 10.2 Å². The number of carbonyl (C=O) groups excluding carboxylic acids is 3. The van der Waals surface area contributed by atoms with E-state index in [-0.39, 0.29) is 30.9 Å². The van der Waals surface area contributed by atoms with Gasteiger partial charge < -0.3 is 19.8 Å². The van der Waals surface area contributed by atoms with Gasteiger partial charge in [-0.1, -0.05) is 6.92 Å². The van der Waals surface area contributed by atoms with Crippen molar-refractivity contribution >= 4 is 34.1 Å². The Morgan fingerprint density at radius 1 is 1.26 bits per heavy atom. The van der Waals surface area contributed by atoms with Crippen molar-refractivity contribution in [2.75, 3.05) is 31.6 Å². The van der Waals surface area contributed by atoms with E-state index < -0.39 is 5.97 Å². The van der Waals surface area contributed by atoms with Gasteiger partial charge in [-0.2, -0.15) is 0 Å². The Kier molecular flexibility index (Phi) is 8.25. The fraction of sp³-hybridized carbons (Fsp3) is 0.500. The monoisotopic (exact) mass is 447 g/mol. The Bertz CT molecular complexity index is 885. The van der Waals surface area contributed by atoms with Crippen molar-refractivity contribution in [2.45, 2.75) is 39.7 Å². The molecule has 1 fully saturated rings. The average Bonchev–Trinajstić information content (AvgIpc) is 3.42. The number of nitrogens with one attached hydrogen (secondary N) is 2. The number of aryl methyl sites for hydroxylation is 1. The Hall–Kier alpha value is -2.65. The first-order valence-corrected chi connectivity index (χ1v) is 11.4. The highest BCUT2D eigenvalue weighted by atomic mass is 32.1. The number of carbonyl (C=O) groups is 3. The summed E-state index contributed by atoms with van der Waals surface area (Å²) in [5.41, 5.74) is 0.406. The van der Waals surface area contributed by atoms with Gasteiger partial charge in [0.05, 0.1) is 31.5 Å². The van der Waals surface area contributed by atoms with Crippen molar-refractivity contribution in [3.63, 3.8) is 0 Å². The van der Waals surface area contributed by atoms with Gasteiger partial charge in [-0.05, 0) is 57.5 Å². The van der Waals surface area contributed by atoms with Crippen LogP contribution in [0.3, 0.4) is 0 Å². The summed E-state index contributed by atoms with van der Waals surface area (Å²) >= 11 is 1.40. The second kappa shape index (κ2) is 11.1. The molecule has 168 valence electrons. The molecular weight excluding hydrogens is 418 g/mol. The fourth-order valence-electron chi connectivity index (χ4n) is 3.52. The maximum atomic E-state index is 12.6. The first-order valence-electron chi connectivity index (χ1n) is 10.6. The summed E-state index contributed by atoms with van der Waals surface area (Å²) in [6.07, 6.45) is 3.76. The molecule has 0 atom stereocenters. The summed E-state index contributed by atoms with van der Waals surface area (Å²) in [6.45, 7) is 5.99. The van der Waals surface area contributed by atoms with Crippen LogP contribution in [0.25, 0.3) is 0 Å². The van der Waals surface area contributed by atoms with Gasteiger partial charge in [0.15, 0.2) is 0 Å². The van der Waals surface area contributed by atoms with Gasteiger partial charge in [-0.3, -0.25) is 14.5 Å². The number of amides is 2. The molecule has 0 radical (unpaired) electrons. The Morgan fingerprint density at radius 3 is 2.68 bits per heavy atom. The number of ether oxygens (including phenoxy) is 1. The van der Waals surface area contributed by atoms with E-state index in [4.69, 9.17) is 9.15 Å². The highest BCUT2D eigenvalue weighted by Gasteiger charge is 2.26. The van der Waals surface area contributed by atoms with Crippen LogP contribution in [0.2, 0.25) is 0 Å². The van der Waals surface area contributed by atoms with E-state index in [1.54, 1.807) is 25.3 Å². The number of hydrogen-bond donors (Lipinski definition) is 2. The van der Waals surface area contributed by atoms with Crippen LogP contribution in [-0.4, -0.2) is 48.9 Å². The largest absolute Gasteiger partial charge is 0.467 e. The topological polar surface area (TPSA) is 101 Å². The number of piperidine rings is 1. The first-order chi connectivity index (χ1) is 15.0. The third-order valence-corrected chi connectivity index (χ3v) is 6.42. The van der Waals surface area contributed by atoms with Crippen molar-refractivity contribution in [2.24, 2.45) is 5.92 Å². The summed E-state index contributed by atoms with van der Waals surface area (Å²) in [5.74, 6) is 0.0923. The summed E-state index contributed by atoms with van der Waals surface area (Å²) < 4.78 is 10.3. The minimum absolute atomic E-state index is 0.0188. The second-order valence-electron chi connectivity index (χ2n) is 7.43. The highest BCUT2D eigenvalue weighted by molar-refractivity contribution is 7.16. The van der Waals surface area contributed by atoms with Crippen LogP contribution >= 0.6 is 11.3 Å². The van der Waals surface area contributed by atoms with Gasteiger partial charge in [-0.15, -0.1) is 11.3 Å². The third-order valence-electron chi connectivity index (χ3n) is 5.22. The van der Waals surface area contributed by atoms with Gasteiger partial charge in [-0.25, -0.2) is 4.79 Å². The van der Waals surface area contributed by atoms with E-state index in [1.807, 2.05) is 17.9 Å². The van der Waals surface area contributed by atoms with E-state index in [1.165, 1.54) is 11.3 Å². The minimum atomic E-state index is -0.421. The lowest BCUT2D eigenvalue weighted by molar-refractivity contribution is -0.126. The molecule has 9 heteroatoms. The molecule has 1 saturated heterocycles. The van der Waals surface area contributed by atoms with Gasteiger partial charge in [0.25, 0.3) is 0 Å². The Balaban J connectivity index is 1.46. The highest BCUT2D eigenvalue weighted by Crippen LogP contribution is 2.29. The molecule has 0 saturated carbocycles. The van der Waals surface area contributed by atoms with Crippen LogP contribution in [0.5, 0.6) is 0 Å². The number of anilines is 1. The molecular formula is C22H29N3O5S. The lowest BCUT2D eigenvalue weighted by atomic mass is 9.96. The van der Waals surface area contributed by atoms with Crippen molar-refractivity contribution < 1.29 is 23.5 Å². The molecule has 1 aliphatic heterocycles. The quantitative estimate of drug-likeness (QED) is 0.573. The maximum Gasteiger partial charge on any atom is 0.341 e. The lowest BCUT2D eigenvalue weighted by Crippen LogP contribution is -2.43. The van der Waals surface area contributed by atoms with Crippen LogP contribution in [0.4, 0.5) is 5.00 Å². The predicted octanol–water partition coefficient (Wildman–Crippen LogP) is 3.05. The number of thiophene rings is 1. The molecule has 1 aliphatic rings. The van der Waals surface area contributed by atoms with Crippen molar-refractivity contribution in [3.8, 4) is 0 Å². The zero-order valence-electron chi connectivity index (χ0n) is 17.9.